The van der Waals surface area contributed by atoms with Crippen LogP contribution in [0.2, 0.25) is 0 Å². The molecule has 0 fully saturated rings. The molecular formula is C22H18N4O4. The molecule has 150 valence electrons. The average Bonchev–Trinajstić information content (AvgIpc) is 2.73. The molecule has 0 aliphatic carbocycles. The number of ketones is 2. The minimum atomic E-state index is -0.362. The average molecular weight is 402 g/mol. The molecule has 8 heteroatoms. The Balaban J connectivity index is 1.80. The predicted octanol–water partition coefficient (Wildman–Crippen LogP) is 3.24. The topological polar surface area (TPSA) is 140 Å². The fourth-order valence-electron chi connectivity index (χ4n) is 2.50. The molecule has 0 saturated heterocycles. The van der Waals surface area contributed by atoms with Crippen molar-refractivity contribution in [1.29, 1.82) is 10.5 Å². The summed E-state index contributed by atoms with van der Waals surface area (Å²) in [6, 6.07) is 15.9. The van der Waals surface area contributed by atoms with E-state index in [4.69, 9.17) is 10.5 Å². The van der Waals surface area contributed by atoms with Gasteiger partial charge in [0.25, 0.3) is 0 Å². The highest BCUT2D eigenvalue weighted by Crippen LogP contribution is 2.13. The molecule has 2 aromatic rings. The molecule has 0 aliphatic heterocycles. The van der Waals surface area contributed by atoms with E-state index >= 15 is 0 Å². The molecule has 0 saturated carbocycles. The van der Waals surface area contributed by atoms with Gasteiger partial charge in [0.15, 0.2) is 11.6 Å². The Morgan fingerprint density at radius 1 is 0.633 bits per heavy atom. The van der Waals surface area contributed by atoms with E-state index in [9.17, 15) is 19.2 Å². The SMILES string of the molecule is N#CCC(=O)c1ccc(NC(=O)CCC(=O)Nc2ccc(C(=O)CC#N)cc2)cc1. The summed E-state index contributed by atoms with van der Waals surface area (Å²) in [7, 11) is 0. The van der Waals surface area contributed by atoms with Gasteiger partial charge in [-0.1, -0.05) is 0 Å². The van der Waals surface area contributed by atoms with Crippen molar-refractivity contribution in [2.45, 2.75) is 25.7 Å². The monoisotopic (exact) mass is 402 g/mol. The second-order valence-corrected chi connectivity index (χ2v) is 6.27. The number of carbonyl (C=O) groups is 4. The van der Waals surface area contributed by atoms with Crippen LogP contribution in [0.15, 0.2) is 48.5 Å². The maximum absolute atomic E-state index is 12.0. The van der Waals surface area contributed by atoms with Crippen LogP contribution >= 0.6 is 0 Å². The summed E-state index contributed by atoms with van der Waals surface area (Å²) < 4.78 is 0. The summed E-state index contributed by atoms with van der Waals surface area (Å²) in [5.74, 6) is -1.32. The highest BCUT2D eigenvalue weighted by Gasteiger charge is 2.10. The molecule has 0 bridgehead atoms. The normalized spacial score (nSPS) is 9.67. The lowest BCUT2D eigenvalue weighted by Crippen LogP contribution is -2.17. The molecule has 8 nitrogen and oxygen atoms in total. The van der Waals surface area contributed by atoms with E-state index < -0.39 is 0 Å². The third-order valence-electron chi connectivity index (χ3n) is 4.04. The lowest BCUT2D eigenvalue weighted by atomic mass is 10.1. The first-order valence-electron chi connectivity index (χ1n) is 9.03. The van der Waals surface area contributed by atoms with E-state index in [1.54, 1.807) is 36.4 Å². The highest BCUT2D eigenvalue weighted by molar-refractivity contribution is 6.00. The van der Waals surface area contributed by atoms with Crippen LogP contribution < -0.4 is 10.6 Å². The maximum Gasteiger partial charge on any atom is 0.224 e. The zero-order chi connectivity index (χ0) is 21.9. The van der Waals surface area contributed by atoms with Gasteiger partial charge in [-0.2, -0.15) is 10.5 Å². The van der Waals surface area contributed by atoms with E-state index in [1.165, 1.54) is 24.3 Å². The zero-order valence-corrected chi connectivity index (χ0v) is 16.0. The van der Waals surface area contributed by atoms with Gasteiger partial charge in [0, 0.05) is 35.3 Å². The van der Waals surface area contributed by atoms with E-state index in [-0.39, 0.29) is 49.1 Å². The number of hydrogen-bond donors (Lipinski definition) is 2. The van der Waals surface area contributed by atoms with Crippen molar-refractivity contribution in [2.24, 2.45) is 0 Å². The maximum atomic E-state index is 12.0. The van der Waals surface area contributed by atoms with Crippen LogP contribution in [-0.2, 0) is 9.59 Å². The molecule has 0 heterocycles. The van der Waals surface area contributed by atoms with Crippen LogP contribution in [0, 0.1) is 22.7 Å². The lowest BCUT2D eigenvalue weighted by molar-refractivity contribution is -0.121. The third kappa shape index (κ3) is 6.70. The van der Waals surface area contributed by atoms with Crippen molar-refractivity contribution < 1.29 is 19.2 Å². The minimum absolute atomic E-state index is 0.0420. The Kier molecular flexibility index (Phi) is 7.98. The summed E-state index contributed by atoms with van der Waals surface area (Å²) in [4.78, 5) is 47.2. The van der Waals surface area contributed by atoms with Crippen LogP contribution in [0.3, 0.4) is 0 Å². The molecule has 30 heavy (non-hydrogen) atoms. The fraction of sp³-hybridized carbons (Fsp3) is 0.182. The van der Waals surface area contributed by atoms with Crippen molar-refractivity contribution in [3.05, 3.63) is 59.7 Å². The van der Waals surface area contributed by atoms with Crippen molar-refractivity contribution in [3.8, 4) is 12.1 Å². The summed E-state index contributed by atoms with van der Waals surface area (Å²) in [5.41, 5.74) is 1.72. The van der Waals surface area contributed by atoms with E-state index in [1.807, 2.05) is 0 Å². The van der Waals surface area contributed by atoms with Gasteiger partial charge in [0.1, 0.15) is 0 Å². The smallest absolute Gasteiger partial charge is 0.224 e. The van der Waals surface area contributed by atoms with Gasteiger partial charge in [-0.05, 0) is 48.5 Å². The quantitative estimate of drug-likeness (QED) is 0.617. The van der Waals surface area contributed by atoms with Gasteiger partial charge >= 0.3 is 0 Å². The molecule has 2 rings (SSSR count). The highest BCUT2D eigenvalue weighted by atomic mass is 16.2. The second kappa shape index (κ2) is 10.9. The summed E-state index contributed by atoms with van der Waals surface area (Å²) >= 11 is 0. The fourth-order valence-corrected chi connectivity index (χ4v) is 2.50. The van der Waals surface area contributed by atoms with Crippen LogP contribution in [-0.4, -0.2) is 23.4 Å². The first-order chi connectivity index (χ1) is 14.4. The number of carbonyl (C=O) groups excluding carboxylic acids is 4. The number of nitrogens with zero attached hydrogens (tertiary/aromatic N) is 2. The van der Waals surface area contributed by atoms with E-state index in [2.05, 4.69) is 10.6 Å². The van der Waals surface area contributed by atoms with Gasteiger partial charge in [0.05, 0.1) is 25.0 Å². The molecule has 0 aromatic heterocycles. The van der Waals surface area contributed by atoms with Crippen molar-refractivity contribution in [2.75, 3.05) is 10.6 Å². The Hall–Kier alpha value is -4.30. The molecule has 2 N–H and O–H groups in total. The number of hydrogen-bond acceptors (Lipinski definition) is 6. The first kappa shape index (κ1) is 22.0. The van der Waals surface area contributed by atoms with Gasteiger partial charge in [-0.3, -0.25) is 19.2 Å². The van der Waals surface area contributed by atoms with Crippen LogP contribution in [0.25, 0.3) is 0 Å². The molecule has 0 spiro atoms. The third-order valence-corrected chi connectivity index (χ3v) is 4.04. The number of nitrogens with one attached hydrogen (secondary N) is 2. The Morgan fingerprint density at radius 2 is 0.967 bits per heavy atom. The lowest BCUT2D eigenvalue weighted by Gasteiger charge is -2.07. The Morgan fingerprint density at radius 3 is 1.27 bits per heavy atom. The number of rotatable bonds is 9. The van der Waals surface area contributed by atoms with E-state index in [0.29, 0.717) is 22.5 Å². The van der Waals surface area contributed by atoms with E-state index in [0.717, 1.165) is 0 Å². The summed E-state index contributed by atoms with van der Waals surface area (Å²) in [6.07, 6.45) is -0.501. The molecule has 0 aliphatic rings. The van der Waals surface area contributed by atoms with Crippen LogP contribution in [0.4, 0.5) is 11.4 Å². The number of amides is 2. The number of benzene rings is 2. The standard InChI is InChI=1S/C22H18N4O4/c23-13-11-19(27)15-1-5-17(6-2-15)25-21(29)9-10-22(30)26-18-7-3-16(4-8-18)20(28)12-14-24/h1-8H,9-12H2,(H,25,29)(H,26,30). The number of anilines is 2. The molecule has 0 unspecified atom stereocenters. The largest absolute Gasteiger partial charge is 0.326 e. The first-order valence-corrected chi connectivity index (χ1v) is 9.03. The number of Topliss-reactive ketones (excluding diaryl/α,β-unsaturated/α-hetero) is 2. The van der Waals surface area contributed by atoms with Gasteiger partial charge in [-0.25, -0.2) is 0 Å². The molecule has 0 radical (unpaired) electrons. The zero-order valence-electron chi connectivity index (χ0n) is 16.0. The van der Waals surface area contributed by atoms with Crippen molar-refractivity contribution >= 4 is 34.8 Å². The van der Waals surface area contributed by atoms with Gasteiger partial charge < -0.3 is 10.6 Å². The van der Waals surface area contributed by atoms with Crippen molar-refractivity contribution in [3.63, 3.8) is 0 Å². The Labute approximate surface area is 173 Å². The summed E-state index contributed by atoms with van der Waals surface area (Å²) in [5, 5.41) is 22.3. The van der Waals surface area contributed by atoms with Gasteiger partial charge in [0.2, 0.25) is 11.8 Å². The van der Waals surface area contributed by atoms with Crippen LogP contribution in [0.1, 0.15) is 46.4 Å². The minimum Gasteiger partial charge on any atom is -0.326 e. The van der Waals surface area contributed by atoms with Gasteiger partial charge in [-0.15, -0.1) is 0 Å². The predicted molar refractivity (Wildman–Crippen MR) is 108 cm³/mol. The summed E-state index contributed by atoms with van der Waals surface area (Å²) in [6.45, 7) is 0. The molecule has 0 atom stereocenters. The van der Waals surface area contributed by atoms with Crippen LogP contribution in [0.5, 0.6) is 0 Å². The molecule has 2 aromatic carbocycles. The second-order valence-electron chi connectivity index (χ2n) is 6.27. The Bertz CT molecular complexity index is 943. The molecule has 2 amide bonds. The molecular weight excluding hydrogens is 384 g/mol. The number of nitriles is 2. The van der Waals surface area contributed by atoms with Crippen molar-refractivity contribution in [1.82, 2.24) is 0 Å².